The molecule has 8 nitrogen and oxygen atoms in total. The molecule has 2 amide bonds. The number of ether oxygens (including phenoxy) is 2. The van der Waals surface area contributed by atoms with Crippen LogP contribution in [0.3, 0.4) is 0 Å². The number of rotatable bonds is 6. The van der Waals surface area contributed by atoms with Gasteiger partial charge in [0, 0.05) is 23.9 Å². The van der Waals surface area contributed by atoms with E-state index in [2.05, 4.69) is 21.2 Å². The van der Waals surface area contributed by atoms with Crippen molar-refractivity contribution in [3.63, 3.8) is 0 Å². The first-order valence-corrected chi connectivity index (χ1v) is 11.6. The van der Waals surface area contributed by atoms with E-state index in [-0.39, 0.29) is 22.5 Å². The van der Waals surface area contributed by atoms with Crippen LogP contribution >= 0.6 is 15.9 Å². The van der Waals surface area contributed by atoms with E-state index in [0.717, 1.165) is 12.1 Å². The molecule has 2 aliphatic rings. The van der Waals surface area contributed by atoms with Crippen molar-refractivity contribution in [2.45, 2.75) is 31.8 Å². The van der Waals surface area contributed by atoms with Crippen LogP contribution in [0.1, 0.15) is 25.3 Å². The van der Waals surface area contributed by atoms with Gasteiger partial charge in [0.25, 0.3) is 11.8 Å². The lowest BCUT2D eigenvalue weighted by molar-refractivity contribution is -0.160. The van der Waals surface area contributed by atoms with E-state index in [0.29, 0.717) is 36.4 Å². The van der Waals surface area contributed by atoms with Crippen LogP contribution < -0.4 is 14.8 Å². The molecule has 2 N–H and O–H groups in total. The van der Waals surface area contributed by atoms with Gasteiger partial charge < -0.3 is 19.9 Å². The topological polar surface area (TPSA) is 91.3 Å². The molecule has 0 spiro atoms. The molecule has 2 heterocycles. The lowest BCUT2D eigenvalue weighted by atomic mass is 9.90. The fourth-order valence-electron chi connectivity index (χ4n) is 4.51. The van der Waals surface area contributed by atoms with E-state index >= 15 is 0 Å². The maximum Gasteiger partial charge on any atom is 0.277 e. The molecule has 4 rings (SSSR count). The van der Waals surface area contributed by atoms with Crippen molar-refractivity contribution in [3.05, 3.63) is 63.3 Å². The Hall–Kier alpha value is -3.18. The van der Waals surface area contributed by atoms with Gasteiger partial charge >= 0.3 is 0 Å². The molecular formula is C24H24BrF2N3O5. The number of hydrogen-bond acceptors (Lipinski definition) is 6. The summed E-state index contributed by atoms with van der Waals surface area (Å²) < 4.78 is 38.2. The third-order valence-corrected chi connectivity index (χ3v) is 7.13. The summed E-state index contributed by atoms with van der Waals surface area (Å²) in [5.41, 5.74) is -1.02. The van der Waals surface area contributed by atoms with Crippen molar-refractivity contribution in [3.8, 4) is 11.5 Å². The summed E-state index contributed by atoms with van der Waals surface area (Å²) in [4.78, 5) is 26.7. The number of hydrazine groups is 1. The zero-order valence-corrected chi connectivity index (χ0v) is 20.9. The number of amides is 2. The molecule has 0 aliphatic carbocycles. The average molecular weight is 552 g/mol. The van der Waals surface area contributed by atoms with E-state index in [1.54, 1.807) is 30.1 Å². The molecule has 2 aromatic carbocycles. The van der Waals surface area contributed by atoms with Gasteiger partial charge in [0.15, 0.2) is 0 Å². The number of halogens is 3. The number of carbonyl (C=O) groups excluding carboxylic acids is 2. The van der Waals surface area contributed by atoms with E-state index in [9.17, 15) is 23.5 Å². The number of carbonyl (C=O) groups is 2. The summed E-state index contributed by atoms with van der Waals surface area (Å²) in [5.74, 6) is -2.86. The number of anilines is 1. The fourth-order valence-corrected chi connectivity index (χ4v) is 4.74. The normalized spacial score (nSPS) is 20.2. The Balaban J connectivity index is 1.70. The molecule has 0 aromatic heterocycles. The van der Waals surface area contributed by atoms with E-state index in [4.69, 9.17) is 9.47 Å². The highest BCUT2D eigenvalue weighted by Gasteiger charge is 2.52. The average Bonchev–Trinajstić information content (AvgIpc) is 3.23. The van der Waals surface area contributed by atoms with Crippen LogP contribution in [0.4, 0.5) is 14.5 Å². The highest BCUT2D eigenvalue weighted by molar-refractivity contribution is 9.10. The SMILES string of the molecule is COc1ccc(CN2C(=O)C(C(=O)Nc3cc(F)c(Br)c(F)c3)=C(O)[C@@]3(C)CCCN23)c(OC)c1. The molecule has 186 valence electrons. The van der Waals surface area contributed by atoms with Gasteiger partial charge in [-0.2, -0.15) is 0 Å². The molecule has 0 bridgehead atoms. The van der Waals surface area contributed by atoms with Gasteiger partial charge in [-0.15, -0.1) is 0 Å². The molecule has 0 unspecified atom stereocenters. The monoisotopic (exact) mass is 551 g/mol. The second-order valence-corrected chi connectivity index (χ2v) is 9.27. The number of nitrogens with one attached hydrogen (secondary N) is 1. The van der Waals surface area contributed by atoms with Crippen molar-refractivity contribution >= 4 is 33.4 Å². The van der Waals surface area contributed by atoms with Crippen LogP contribution in [0.2, 0.25) is 0 Å². The minimum absolute atomic E-state index is 0.0627. The number of benzene rings is 2. The number of fused-ring (bicyclic) bond motifs is 1. The van der Waals surface area contributed by atoms with Gasteiger partial charge in [-0.25, -0.2) is 13.8 Å². The molecular weight excluding hydrogens is 528 g/mol. The predicted octanol–water partition coefficient (Wildman–Crippen LogP) is 4.31. The Morgan fingerprint density at radius 1 is 1.20 bits per heavy atom. The fraction of sp³-hybridized carbons (Fsp3) is 0.333. The summed E-state index contributed by atoms with van der Waals surface area (Å²) in [5, 5.41) is 16.5. The van der Waals surface area contributed by atoms with Crippen LogP contribution in [0, 0.1) is 11.6 Å². The summed E-state index contributed by atoms with van der Waals surface area (Å²) in [6, 6.07) is 7.00. The Morgan fingerprint density at radius 2 is 1.89 bits per heavy atom. The number of aliphatic hydroxyl groups excluding tert-OH is 1. The first kappa shape index (κ1) is 24.9. The summed E-state index contributed by atoms with van der Waals surface area (Å²) in [6.07, 6.45) is 1.18. The van der Waals surface area contributed by atoms with Crippen molar-refractivity contribution in [2.24, 2.45) is 0 Å². The Labute approximate surface area is 209 Å². The number of methoxy groups -OCH3 is 2. The molecule has 1 saturated heterocycles. The quantitative estimate of drug-likeness (QED) is 0.410. The van der Waals surface area contributed by atoms with Crippen LogP contribution in [0.15, 0.2) is 46.1 Å². The van der Waals surface area contributed by atoms with Gasteiger partial charge in [-0.1, -0.05) is 0 Å². The Bertz CT molecular complexity index is 1210. The largest absolute Gasteiger partial charge is 0.509 e. The second kappa shape index (κ2) is 9.46. The highest BCUT2D eigenvalue weighted by atomic mass is 79.9. The third-order valence-electron chi connectivity index (χ3n) is 6.37. The first-order valence-electron chi connectivity index (χ1n) is 10.8. The number of hydrogen-bond donors (Lipinski definition) is 2. The van der Waals surface area contributed by atoms with Crippen LogP contribution in [0.25, 0.3) is 0 Å². The van der Waals surface area contributed by atoms with E-state index in [1.807, 2.05) is 0 Å². The highest BCUT2D eigenvalue weighted by Crippen LogP contribution is 2.42. The van der Waals surface area contributed by atoms with E-state index < -0.39 is 34.6 Å². The number of aliphatic hydroxyl groups is 1. The third kappa shape index (κ3) is 4.34. The summed E-state index contributed by atoms with van der Waals surface area (Å²) in [7, 11) is 3.03. The Morgan fingerprint density at radius 3 is 2.51 bits per heavy atom. The van der Waals surface area contributed by atoms with Crippen molar-refractivity contribution in [2.75, 3.05) is 26.1 Å². The van der Waals surface area contributed by atoms with Gasteiger partial charge in [-0.3, -0.25) is 14.6 Å². The molecule has 0 radical (unpaired) electrons. The van der Waals surface area contributed by atoms with Crippen LogP contribution in [-0.4, -0.2) is 53.2 Å². The predicted molar refractivity (Wildman–Crippen MR) is 127 cm³/mol. The van der Waals surface area contributed by atoms with Gasteiger partial charge in [-0.05, 0) is 60.0 Å². The maximum absolute atomic E-state index is 14.0. The van der Waals surface area contributed by atoms with Crippen LogP contribution in [-0.2, 0) is 16.1 Å². The Kier molecular flexibility index (Phi) is 6.74. The minimum atomic E-state index is -1.00. The molecule has 35 heavy (non-hydrogen) atoms. The van der Waals surface area contributed by atoms with E-state index in [1.165, 1.54) is 19.2 Å². The van der Waals surface area contributed by atoms with Crippen molar-refractivity contribution in [1.29, 1.82) is 0 Å². The minimum Gasteiger partial charge on any atom is -0.509 e. The molecule has 2 aliphatic heterocycles. The standard InChI is InChI=1S/C24H24BrF2N3O5/c1-24-7-4-8-30(24)29(12-13-5-6-15(34-2)11-18(13)35-3)23(33)19(21(24)31)22(32)28-14-9-16(26)20(25)17(27)10-14/h5-6,9-11,31H,4,7-8,12H2,1-3H3,(H,28,32)/t24-/m1/s1. The van der Waals surface area contributed by atoms with Crippen molar-refractivity contribution < 1.29 is 33.0 Å². The molecule has 1 atom stereocenters. The lowest BCUT2D eigenvalue weighted by Gasteiger charge is -2.46. The van der Waals surface area contributed by atoms with Gasteiger partial charge in [0.1, 0.15) is 34.5 Å². The van der Waals surface area contributed by atoms with Gasteiger partial charge in [0.2, 0.25) is 0 Å². The van der Waals surface area contributed by atoms with Crippen LogP contribution in [0.5, 0.6) is 11.5 Å². The maximum atomic E-state index is 14.0. The lowest BCUT2D eigenvalue weighted by Crippen LogP contribution is -2.60. The second-order valence-electron chi connectivity index (χ2n) is 8.47. The number of nitrogens with zero attached hydrogens (tertiary/aromatic N) is 2. The van der Waals surface area contributed by atoms with Gasteiger partial charge in [0.05, 0.1) is 30.8 Å². The molecule has 11 heteroatoms. The molecule has 1 fully saturated rings. The molecule has 0 saturated carbocycles. The van der Waals surface area contributed by atoms with Crippen molar-refractivity contribution in [1.82, 2.24) is 10.0 Å². The summed E-state index contributed by atoms with van der Waals surface area (Å²) in [6.45, 7) is 2.29. The smallest absolute Gasteiger partial charge is 0.277 e. The summed E-state index contributed by atoms with van der Waals surface area (Å²) >= 11 is 2.78. The zero-order chi connectivity index (χ0) is 25.5. The molecule has 2 aromatic rings. The first-order chi connectivity index (χ1) is 16.6. The zero-order valence-electron chi connectivity index (χ0n) is 19.3.